The summed E-state index contributed by atoms with van der Waals surface area (Å²) in [5, 5.41) is 7.95. The van der Waals surface area contributed by atoms with Gasteiger partial charge in [0.15, 0.2) is 5.82 Å². The number of nitrogen functional groups attached to an aromatic ring is 1. The lowest BCUT2D eigenvalue weighted by Gasteiger charge is -2.10. The smallest absolute Gasteiger partial charge is 0.169 e. The van der Waals surface area contributed by atoms with Crippen LogP contribution in [0.2, 0.25) is 0 Å². The summed E-state index contributed by atoms with van der Waals surface area (Å²) in [6, 6.07) is 6.24. The average Bonchev–Trinajstić information content (AvgIpc) is 2.79. The van der Waals surface area contributed by atoms with E-state index in [9.17, 15) is 0 Å². The van der Waals surface area contributed by atoms with Gasteiger partial charge in [0.05, 0.1) is 12.3 Å². The van der Waals surface area contributed by atoms with E-state index in [0.29, 0.717) is 12.4 Å². The Kier molecular flexibility index (Phi) is 4.61. The first kappa shape index (κ1) is 14.4. The Labute approximate surface area is 119 Å². The lowest BCUT2D eigenvalue weighted by molar-refractivity contribution is 0.295. The molecular formula is C15H22N4O. The highest BCUT2D eigenvalue weighted by atomic mass is 16.5. The third-order valence-corrected chi connectivity index (χ3v) is 3.32. The van der Waals surface area contributed by atoms with Crippen LogP contribution < -0.4 is 10.5 Å². The normalized spacial score (nSPS) is 10.8. The fourth-order valence-corrected chi connectivity index (χ4v) is 2.15. The van der Waals surface area contributed by atoms with Crippen LogP contribution >= 0.6 is 0 Å². The van der Waals surface area contributed by atoms with Crippen LogP contribution in [0.15, 0.2) is 18.2 Å². The number of nitrogens with two attached hydrogens (primary N) is 1. The number of anilines is 1. The average molecular weight is 274 g/mol. The van der Waals surface area contributed by atoms with Crippen LogP contribution in [-0.2, 0) is 13.0 Å². The maximum absolute atomic E-state index is 5.83. The van der Waals surface area contributed by atoms with Gasteiger partial charge in [0.2, 0.25) is 0 Å². The molecule has 0 aliphatic heterocycles. The summed E-state index contributed by atoms with van der Waals surface area (Å²) in [4.78, 5) is 0. The van der Waals surface area contributed by atoms with E-state index in [-0.39, 0.29) is 0 Å². The van der Waals surface area contributed by atoms with Crippen LogP contribution in [-0.4, -0.2) is 21.6 Å². The van der Waals surface area contributed by atoms with Gasteiger partial charge in [-0.15, -0.1) is 5.10 Å². The molecule has 0 spiro atoms. The van der Waals surface area contributed by atoms with Crippen molar-refractivity contribution in [2.75, 3.05) is 12.3 Å². The topological polar surface area (TPSA) is 66.0 Å². The first-order chi connectivity index (χ1) is 9.61. The van der Waals surface area contributed by atoms with Crippen LogP contribution in [0.4, 0.5) is 5.82 Å². The molecule has 0 saturated heterocycles. The minimum Gasteiger partial charge on any atom is -0.493 e. The van der Waals surface area contributed by atoms with Crippen LogP contribution in [0.1, 0.15) is 30.2 Å². The van der Waals surface area contributed by atoms with Gasteiger partial charge in [-0.1, -0.05) is 24.3 Å². The zero-order chi connectivity index (χ0) is 14.5. The predicted octanol–water partition coefficient (Wildman–Crippen LogP) is 2.51. The predicted molar refractivity (Wildman–Crippen MR) is 79.8 cm³/mol. The minimum absolute atomic E-state index is 0.531. The van der Waals surface area contributed by atoms with Crippen molar-refractivity contribution in [2.24, 2.45) is 0 Å². The maximum Gasteiger partial charge on any atom is 0.169 e. The van der Waals surface area contributed by atoms with Crippen molar-refractivity contribution < 1.29 is 4.74 Å². The lowest BCUT2D eigenvalue weighted by Crippen LogP contribution is -2.09. The molecule has 0 radical (unpaired) electrons. The monoisotopic (exact) mass is 274 g/mol. The summed E-state index contributed by atoms with van der Waals surface area (Å²) < 4.78 is 7.69. The van der Waals surface area contributed by atoms with Crippen LogP contribution in [0.3, 0.4) is 0 Å². The summed E-state index contributed by atoms with van der Waals surface area (Å²) >= 11 is 0. The SMILES string of the molecule is CCc1c(N)nnn1CCCOc1cc(C)ccc1C. The quantitative estimate of drug-likeness (QED) is 0.822. The van der Waals surface area contributed by atoms with Crippen LogP contribution in [0.25, 0.3) is 0 Å². The Morgan fingerprint density at radius 1 is 1.30 bits per heavy atom. The van der Waals surface area contributed by atoms with Crippen molar-refractivity contribution in [3.8, 4) is 5.75 Å². The second kappa shape index (κ2) is 6.41. The molecule has 2 rings (SSSR count). The second-order valence-electron chi connectivity index (χ2n) is 4.97. The van der Waals surface area contributed by atoms with E-state index in [1.807, 2.05) is 4.68 Å². The van der Waals surface area contributed by atoms with Gasteiger partial charge >= 0.3 is 0 Å². The largest absolute Gasteiger partial charge is 0.493 e. The molecule has 5 heteroatoms. The van der Waals surface area contributed by atoms with Crippen molar-refractivity contribution in [2.45, 2.75) is 40.2 Å². The number of ether oxygens (including phenoxy) is 1. The number of aryl methyl sites for hydroxylation is 3. The fourth-order valence-electron chi connectivity index (χ4n) is 2.15. The van der Waals surface area contributed by atoms with Gasteiger partial charge in [-0.3, -0.25) is 0 Å². The highest BCUT2D eigenvalue weighted by Crippen LogP contribution is 2.19. The van der Waals surface area contributed by atoms with Crippen molar-refractivity contribution in [1.29, 1.82) is 0 Å². The Balaban J connectivity index is 1.86. The van der Waals surface area contributed by atoms with E-state index in [1.165, 1.54) is 5.56 Å². The molecule has 108 valence electrons. The Hall–Kier alpha value is -2.04. The number of benzene rings is 1. The molecule has 2 N–H and O–H groups in total. The third-order valence-electron chi connectivity index (χ3n) is 3.32. The molecule has 2 aromatic rings. The van der Waals surface area contributed by atoms with Crippen molar-refractivity contribution >= 4 is 5.82 Å². The molecule has 5 nitrogen and oxygen atoms in total. The van der Waals surface area contributed by atoms with E-state index < -0.39 is 0 Å². The Bertz CT molecular complexity index is 577. The van der Waals surface area contributed by atoms with Gasteiger partial charge in [0.25, 0.3) is 0 Å². The highest BCUT2D eigenvalue weighted by Gasteiger charge is 2.07. The number of hydrogen-bond acceptors (Lipinski definition) is 4. The molecule has 0 aliphatic rings. The second-order valence-corrected chi connectivity index (χ2v) is 4.97. The first-order valence-corrected chi connectivity index (χ1v) is 6.99. The zero-order valence-corrected chi connectivity index (χ0v) is 12.4. The molecule has 1 heterocycles. The molecule has 0 unspecified atom stereocenters. The fraction of sp³-hybridized carbons (Fsp3) is 0.467. The summed E-state index contributed by atoms with van der Waals surface area (Å²) in [7, 11) is 0. The van der Waals surface area contributed by atoms with E-state index in [2.05, 4.69) is 49.3 Å². The molecule has 0 bridgehead atoms. The maximum atomic E-state index is 5.83. The summed E-state index contributed by atoms with van der Waals surface area (Å²) in [5.41, 5.74) is 9.13. The van der Waals surface area contributed by atoms with E-state index >= 15 is 0 Å². The number of aromatic nitrogens is 3. The van der Waals surface area contributed by atoms with Crippen molar-refractivity contribution in [3.05, 3.63) is 35.0 Å². The molecule has 0 saturated carbocycles. The Morgan fingerprint density at radius 2 is 2.10 bits per heavy atom. The number of hydrogen-bond donors (Lipinski definition) is 1. The van der Waals surface area contributed by atoms with Gasteiger partial charge < -0.3 is 10.5 Å². The highest BCUT2D eigenvalue weighted by molar-refractivity contribution is 5.36. The molecular weight excluding hydrogens is 252 g/mol. The zero-order valence-electron chi connectivity index (χ0n) is 12.4. The number of rotatable bonds is 6. The van der Waals surface area contributed by atoms with Gasteiger partial charge in [0, 0.05) is 13.0 Å². The van der Waals surface area contributed by atoms with E-state index in [0.717, 1.165) is 36.4 Å². The third kappa shape index (κ3) is 3.29. The Morgan fingerprint density at radius 3 is 2.85 bits per heavy atom. The van der Waals surface area contributed by atoms with Gasteiger partial charge in [-0.25, -0.2) is 4.68 Å². The summed E-state index contributed by atoms with van der Waals surface area (Å²) in [6.45, 7) is 7.61. The van der Waals surface area contributed by atoms with Gasteiger partial charge in [0.1, 0.15) is 5.75 Å². The molecule has 0 amide bonds. The molecule has 1 aromatic heterocycles. The molecule has 0 aliphatic carbocycles. The van der Waals surface area contributed by atoms with Crippen molar-refractivity contribution in [1.82, 2.24) is 15.0 Å². The van der Waals surface area contributed by atoms with E-state index in [1.54, 1.807) is 0 Å². The molecule has 20 heavy (non-hydrogen) atoms. The first-order valence-electron chi connectivity index (χ1n) is 6.99. The van der Waals surface area contributed by atoms with Crippen molar-refractivity contribution in [3.63, 3.8) is 0 Å². The van der Waals surface area contributed by atoms with Crippen LogP contribution in [0, 0.1) is 13.8 Å². The van der Waals surface area contributed by atoms with Gasteiger partial charge in [-0.05, 0) is 37.5 Å². The molecule has 0 fully saturated rings. The van der Waals surface area contributed by atoms with E-state index in [4.69, 9.17) is 10.5 Å². The summed E-state index contributed by atoms with van der Waals surface area (Å²) in [5.74, 6) is 1.49. The molecule has 1 aromatic carbocycles. The number of nitrogens with zero attached hydrogens (tertiary/aromatic N) is 3. The lowest BCUT2D eigenvalue weighted by atomic mass is 10.1. The minimum atomic E-state index is 0.531. The summed E-state index contributed by atoms with van der Waals surface area (Å²) in [6.07, 6.45) is 1.72. The standard InChI is InChI=1S/C15H22N4O/c1-4-13-15(16)17-18-19(13)8-5-9-20-14-10-11(2)6-7-12(14)3/h6-7,10H,4-5,8-9,16H2,1-3H3. The van der Waals surface area contributed by atoms with Gasteiger partial charge in [-0.2, -0.15) is 0 Å². The molecule has 0 atom stereocenters. The van der Waals surface area contributed by atoms with Crippen LogP contribution in [0.5, 0.6) is 5.75 Å².